The molecule has 0 spiro atoms. The normalized spacial score (nSPS) is 12.3. The van der Waals surface area contributed by atoms with Crippen molar-refractivity contribution in [3.63, 3.8) is 0 Å². The Balaban J connectivity index is 1.50. The number of amides is 1. The van der Waals surface area contributed by atoms with Gasteiger partial charge in [-0.2, -0.15) is 0 Å². The summed E-state index contributed by atoms with van der Waals surface area (Å²) in [7, 11) is -2.31. The number of sulfonamides is 1. The highest BCUT2D eigenvalue weighted by Gasteiger charge is 2.18. The largest absolute Gasteiger partial charge is 0.497 e. The fourth-order valence-corrected chi connectivity index (χ4v) is 3.96. The molecule has 2 N–H and O–H groups in total. The fourth-order valence-electron chi connectivity index (χ4n) is 2.86. The molecule has 4 rings (SSSR count). The van der Waals surface area contributed by atoms with Gasteiger partial charge in [0, 0.05) is 16.9 Å². The second-order valence-corrected chi connectivity index (χ2v) is 8.07. The summed E-state index contributed by atoms with van der Waals surface area (Å²) in [4.78, 5) is 12.6. The second kappa shape index (κ2) is 7.96. The van der Waals surface area contributed by atoms with Crippen molar-refractivity contribution >= 4 is 27.3 Å². The van der Waals surface area contributed by atoms with Gasteiger partial charge in [-0.05, 0) is 60.7 Å². The summed E-state index contributed by atoms with van der Waals surface area (Å²) in [5.74, 6) is 1.28. The molecule has 0 unspecified atom stereocenters. The molecule has 1 aliphatic heterocycles. The number of nitrogens with one attached hydrogen (secondary N) is 2. The number of rotatable bonds is 6. The SMILES string of the molecule is COc1ccc(NS(=O)(=O)c2cccc(NC(=O)c3ccc4c(c3)OCO4)c2)cc1. The van der Waals surface area contributed by atoms with E-state index in [0.717, 1.165) is 0 Å². The zero-order valence-corrected chi connectivity index (χ0v) is 16.7. The van der Waals surface area contributed by atoms with Crippen molar-refractivity contribution in [3.05, 3.63) is 72.3 Å². The highest BCUT2D eigenvalue weighted by molar-refractivity contribution is 7.92. The van der Waals surface area contributed by atoms with Gasteiger partial charge >= 0.3 is 0 Å². The lowest BCUT2D eigenvalue weighted by Gasteiger charge is -2.11. The van der Waals surface area contributed by atoms with Crippen LogP contribution in [0.5, 0.6) is 17.2 Å². The maximum atomic E-state index is 12.7. The van der Waals surface area contributed by atoms with Crippen LogP contribution in [0.3, 0.4) is 0 Å². The topological polar surface area (TPSA) is 103 Å². The Labute approximate surface area is 173 Å². The predicted octanol–water partition coefficient (Wildman–Crippen LogP) is 3.48. The second-order valence-electron chi connectivity index (χ2n) is 6.38. The van der Waals surface area contributed by atoms with E-state index in [2.05, 4.69) is 10.0 Å². The van der Waals surface area contributed by atoms with Crippen LogP contribution in [0.15, 0.2) is 71.6 Å². The summed E-state index contributed by atoms with van der Waals surface area (Å²) in [6.45, 7) is 0.113. The summed E-state index contributed by atoms with van der Waals surface area (Å²) in [6, 6.07) is 17.3. The van der Waals surface area contributed by atoms with Crippen molar-refractivity contribution in [2.24, 2.45) is 0 Å². The van der Waals surface area contributed by atoms with Crippen LogP contribution in [0.4, 0.5) is 11.4 Å². The summed E-state index contributed by atoms with van der Waals surface area (Å²) in [6.07, 6.45) is 0. The summed E-state index contributed by atoms with van der Waals surface area (Å²) >= 11 is 0. The first-order valence-electron chi connectivity index (χ1n) is 8.92. The number of anilines is 2. The zero-order chi connectivity index (χ0) is 21.1. The average Bonchev–Trinajstić information content (AvgIpc) is 3.22. The van der Waals surface area contributed by atoms with E-state index in [1.54, 1.807) is 54.6 Å². The van der Waals surface area contributed by atoms with Crippen LogP contribution in [-0.2, 0) is 10.0 Å². The van der Waals surface area contributed by atoms with Crippen LogP contribution >= 0.6 is 0 Å². The van der Waals surface area contributed by atoms with E-state index in [9.17, 15) is 13.2 Å². The molecule has 30 heavy (non-hydrogen) atoms. The lowest BCUT2D eigenvalue weighted by atomic mass is 10.2. The number of methoxy groups -OCH3 is 1. The predicted molar refractivity (Wildman–Crippen MR) is 111 cm³/mol. The number of carbonyl (C=O) groups is 1. The van der Waals surface area contributed by atoms with Crippen molar-refractivity contribution in [2.75, 3.05) is 23.9 Å². The minimum atomic E-state index is -3.84. The minimum Gasteiger partial charge on any atom is -0.497 e. The first-order valence-corrected chi connectivity index (χ1v) is 10.4. The van der Waals surface area contributed by atoms with Gasteiger partial charge in [0.15, 0.2) is 11.5 Å². The maximum absolute atomic E-state index is 12.7. The first-order chi connectivity index (χ1) is 14.4. The maximum Gasteiger partial charge on any atom is 0.261 e. The molecule has 1 aliphatic rings. The molecule has 154 valence electrons. The molecule has 0 atom stereocenters. The fraction of sp³-hybridized carbons (Fsp3) is 0.0952. The Morgan fingerprint density at radius 3 is 2.47 bits per heavy atom. The Morgan fingerprint density at radius 2 is 1.70 bits per heavy atom. The van der Waals surface area contributed by atoms with Gasteiger partial charge < -0.3 is 19.5 Å². The van der Waals surface area contributed by atoms with Crippen LogP contribution in [0.1, 0.15) is 10.4 Å². The number of ether oxygens (including phenoxy) is 3. The Bertz CT molecular complexity index is 1190. The zero-order valence-electron chi connectivity index (χ0n) is 15.9. The molecule has 0 aromatic heterocycles. The van der Waals surface area contributed by atoms with Gasteiger partial charge in [-0.3, -0.25) is 9.52 Å². The third-order valence-corrected chi connectivity index (χ3v) is 5.76. The third-order valence-electron chi connectivity index (χ3n) is 4.38. The van der Waals surface area contributed by atoms with E-state index in [0.29, 0.717) is 34.2 Å². The molecule has 1 heterocycles. The smallest absolute Gasteiger partial charge is 0.261 e. The molecule has 1 amide bonds. The van der Waals surface area contributed by atoms with Gasteiger partial charge in [0.2, 0.25) is 6.79 Å². The molecule has 8 nitrogen and oxygen atoms in total. The van der Waals surface area contributed by atoms with E-state index in [1.807, 2.05) is 0 Å². The standard InChI is InChI=1S/C21H18N2O6S/c1-27-17-8-6-15(7-9-17)23-30(25,26)18-4-2-3-16(12-18)22-21(24)14-5-10-19-20(11-14)29-13-28-19/h2-12,23H,13H2,1H3,(H,22,24). The van der Waals surface area contributed by atoms with Crippen LogP contribution in [-0.4, -0.2) is 28.2 Å². The monoisotopic (exact) mass is 426 g/mol. The molecule has 3 aromatic carbocycles. The summed E-state index contributed by atoms with van der Waals surface area (Å²) < 4.78 is 43.5. The molecular weight excluding hydrogens is 408 g/mol. The Hall–Kier alpha value is -3.72. The summed E-state index contributed by atoms with van der Waals surface area (Å²) in [5.41, 5.74) is 1.10. The molecular formula is C21H18N2O6S. The highest BCUT2D eigenvalue weighted by Crippen LogP contribution is 2.32. The van der Waals surface area contributed by atoms with Crippen LogP contribution in [0.25, 0.3) is 0 Å². The lowest BCUT2D eigenvalue weighted by molar-refractivity contribution is 0.102. The Morgan fingerprint density at radius 1 is 0.933 bits per heavy atom. The minimum absolute atomic E-state index is 0.0156. The highest BCUT2D eigenvalue weighted by atomic mass is 32.2. The van der Waals surface area contributed by atoms with Gasteiger partial charge in [-0.1, -0.05) is 6.07 Å². The molecule has 0 fully saturated rings. The average molecular weight is 426 g/mol. The first kappa shape index (κ1) is 19.6. The van der Waals surface area contributed by atoms with Gasteiger partial charge in [0.25, 0.3) is 15.9 Å². The number of benzene rings is 3. The van der Waals surface area contributed by atoms with Crippen molar-refractivity contribution in [2.45, 2.75) is 4.90 Å². The van der Waals surface area contributed by atoms with Gasteiger partial charge in [-0.15, -0.1) is 0 Å². The lowest BCUT2D eigenvalue weighted by Crippen LogP contribution is -2.15. The van der Waals surface area contributed by atoms with Crippen LogP contribution < -0.4 is 24.2 Å². The number of carbonyl (C=O) groups excluding carboxylic acids is 1. The molecule has 0 saturated heterocycles. The molecule has 0 aliphatic carbocycles. The molecule has 0 saturated carbocycles. The van der Waals surface area contributed by atoms with Crippen molar-refractivity contribution in [3.8, 4) is 17.2 Å². The molecule has 3 aromatic rings. The van der Waals surface area contributed by atoms with Crippen molar-refractivity contribution in [1.82, 2.24) is 0 Å². The van der Waals surface area contributed by atoms with E-state index in [1.165, 1.54) is 19.2 Å². The summed E-state index contributed by atoms with van der Waals surface area (Å²) in [5, 5.41) is 2.70. The van der Waals surface area contributed by atoms with Crippen LogP contribution in [0, 0.1) is 0 Å². The quantitative estimate of drug-likeness (QED) is 0.626. The number of hydrogen-bond donors (Lipinski definition) is 2. The number of fused-ring (bicyclic) bond motifs is 1. The van der Waals surface area contributed by atoms with Gasteiger partial charge in [0.1, 0.15) is 5.75 Å². The molecule has 9 heteroatoms. The van der Waals surface area contributed by atoms with Crippen molar-refractivity contribution < 1.29 is 27.4 Å². The Kier molecular flexibility index (Phi) is 5.20. The molecule has 0 radical (unpaired) electrons. The van der Waals surface area contributed by atoms with E-state index in [-0.39, 0.29) is 11.7 Å². The van der Waals surface area contributed by atoms with E-state index < -0.39 is 15.9 Å². The number of hydrogen-bond acceptors (Lipinski definition) is 6. The molecule has 0 bridgehead atoms. The van der Waals surface area contributed by atoms with Crippen LogP contribution in [0.2, 0.25) is 0 Å². The van der Waals surface area contributed by atoms with E-state index in [4.69, 9.17) is 14.2 Å². The van der Waals surface area contributed by atoms with Crippen molar-refractivity contribution in [1.29, 1.82) is 0 Å². The van der Waals surface area contributed by atoms with E-state index >= 15 is 0 Å². The third kappa shape index (κ3) is 4.15. The van der Waals surface area contributed by atoms with Gasteiger partial charge in [-0.25, -0.2) is 8.42 Å². The van der Waals surface area contributed by atoms with Gasteiger partial charge in [0.05, 0.1) is 12.0 Å².